The molecule has 132 valence electrons. The van der Waals surface area contributed by atoms with Crippen LogP contribution in [0.3, 0.4) is 0 Å². The highest BCUT2D eigenvalue weighted by Crippen LogP contribution is 2.21. The van der Waals surface area contributed by atoms with Gasteiger partial charge < -0.3 is 4.90 Å². The Kier molecular flexibility index (Phi) is 5.23. The van der Waals surface area contributed by atoms with E-state index in [1.165, 1.54) is 10.6 Å². The first-order valence-corrected chi connectivity index (χ1v) is 8.94. The van der Waals surface area contributed by atoms with Crippen LogP contribution in [0.25, 0.3) is 11.4 Å². The predicted molar refractivity (Wildman–Crippen MR) is 98.7 cm³/mol. The van der Waals surface area contributed by atoms with Crippen molar-refractivity contribution in [3.05, 3.63) is 51.4 Å². The summed E-state index contributed by atoms with van der Waals surface area (Å²) in [6.45, 7) is 5.48. The third-order valence-corrected chi connectivity index (χ3v) is 4.88. The van der Waals surface area contributed by atoms with Crippen molar-refractivity contribution < 1.29 is 4.79 Å². The van der Waals surface area contributed by atoms with Gasteiger partial charge in [-0.2, -0.15) is 0 Å². The molecule has 1 aromatic carbocycles. The lowest BCUT2D eigenvalue weighted by molar-refractivity contribution is -0.133. The Labute approximate surface area is 152 Å². The fourth-order valence-corrected chi connectivity index (χ4v) is 3.30. The summed E-state index contributed by atoms with van der Waals surface area (Å²) in [5, 5.41) is 0.566. The molecule has 0 unspecified atom stereocenters. The molecule has 1 saturated heterocycles. The van der Waals surface area contributed by atoms with Gasteiger partial charge in [0.25, 0.3) is 5.56 Å². The van der Waals surface area contributed by atoms with E-state index in [2.05, 4.69) is 11.9 Å². The average Bonchev–Trinajstić information content (AvgIpc) is 2.57. The van der Waals surface area contributed by atoms with E-state index in [1.807, 2.05) is 17.0 Å². The molecule has 1 aliphatic rings. The minimum atomic E-state index is -0.221. The van der Waals surface area contributed by atoms with Gasteiger partial charge in [-0.3, -0.25) is 14.2 Å². The van der Waals surface area contributed by atoms with Gasteiger partial charge in [-0.05, 0) is 37.8 Å². The molecule has 0 saturated carbocycles. The molecule has 0 spiro atoms. The van der Waals surface area contributed by atoms with Crippen molar-refractivity contribution >= 4 is 17.5 Å². The van der Waals surface area contributed by atoms with E-state index in [0.717, 1.165) is 31.5 Å². The van der Waals surface area contributed by atoms with Crippen LogP contribution in [0.5, 0.6) is 0 Å². The lowest BCUT2D eigenvalue weighted by Crippen LogP contribution is -2.41. The molecule has 0 atom stereocenters. The van der Waals surface area contributed by atoms with Crippen LogP contribution in [0.2, 0.25) is 5.02 Å². The molecule has 2 aromatic rings. The summed E-state index contributed by atoms with van der Waals surface area (Å²) < 4.78 is 1.44. The molecular formula is C19H22ClN3O2. The van der Waals surface area contributed by atoms with Crippen molar-refractivity contribution in [1.82, 2.24) is 14.5 Å². The smallest absolute Gasteiger partial charge is 0.254 e. The van der Waals surface area contributed by atoms with E-state index in [0.29, 0.717) is 22.5 Å². The largest absolute Gasteiger partial charge is 0.341 e. The number of likely N-dealkylation sites (tertiary alicyclic amines) is 1. The number of aromatic nitrogens is 2. The van der Waals surface area contributed by atoms with E-state index in [9.17, 15) is 9.59 Å². The van der Waals surface area contributed by atoms with Crippen LogP contribution in [0.4, 0.5) is 0 Å². The van der Waals surface area contributed by atoms with Gasteiger partial charge in [-0.1, -0.05) is 30.7 Å². The van der Waals surface area contributed by atoms with E-state index < -0.39 is 0 Å². The Bertz CT molecular complexity index is 839. The van der Waals surface area contributed by atoms with Gasteiger partial charge >= 0.3 is 0 Å². The zero-order valence-corrected chi connectivity index (χ0v) is 15.3. The number of aryl methyl sites for hydroxylation is 1. The third-order valence-electron chi connectivity index (χ3n) is 4.65. The Morgan fingerprint density at radius 2 is 2.00 bits per heavy atom. The Morgan fingerprint density at radius 1 is 1.28 bits per heavy atom. The average molecular weight is 360 g/mol. The third kappa shape index (κ3) is 4.10. The maximum atomic E-state index is 12.7. The highest BCUT2D eigenvalue weighted by molar-refractivity contribution is 6.30. The minimum absolute atomic E-state index is 0.00232. The van der Waals surface area contributed by atoms with Crippen LogP contribution in [0.1, 0.15) is 25.5 Å². The van der Waals surface area contributed by atoms with Gasteiger partial charge in [0.1, 0.15) is 12.4 Å². The van der Waals surface area contributed by atoms with Crippen molar-refractivity contribution in [3.8, 4) is 11.4 Å². The number of nitrogens with zero attached hydrogens (tertiary/aromatic N) is 3. The molecule has 0 radical (unpaired) electrons. The molecule has 2 heterocycles. The molecule has 0 aliphatic carbocycles. The second-order valence-corrected chi connectivity index (χ2v) is 7.16. The summed E-state index contributed by atoms with van der Waals surface area (Å²) in [5.74, 6) is 1.09. The molecule has 3 rings (SSSR count). The fraction of sp³-hybridized carbons (Fsp3) is 0.421. The summed E-state index contributed by atoms with van der Waals surface area (Å²) in [6, 6.07) is 8.64. The van der Waals surface area contributed by atoms with Crippen molar-refractivity contribution in [3.63, 3.8) is 0 Å². The zero-order valence-electron chi connectivity index (χ0n) is 14.5. The van der Waals surface area contributed by atoms with E-state index in [-0.39, 0.29) is 18.0 Å². The molecule has 0 bridgehead atoms. The summed E-state index contributed by atoms with van der Waals surface area (Å²) >= 11 is 6.08. The SMILES string of the molecule is Cc1cc(=O)n(CC(=O)N2CCC(C)CC2)c(-c2cccc(Cl)c2)n1. The number of hydrogen-bond acceptors (Lipinski definition) is 3. The standard InChI is InChI=1S/C19H22ClN3O2/c1-13-6-8-22(9-7-13)18(25)12-23-17(24)10-14(2)21-19(23)15-4-3-5-16(20)11-15/h3-5,10-11,13H,6-9,12H2,1-2H3. The first-order chi connectivity index (χ1) is 11.9. The number of piperidine rings is 1. The van der Waals surface area contributed by atoms with Gasteiger partial charge in [0.2, 0.25) is 5.91 Å². The van der Waals surface area contributed by atoms with Crippen molar-refractivity contribution in [2.75, 3.05) is 13.1 Å². The quantitative estimate of drug-likeness (QED) is 0.846. The molecule has 1 amide bonds. The second-order valence-electron chi connectivity index (χ2n) is 6.72. The van der Waals surface area contributed by atoms with Gasteiger partial charge in [0, 0.05) is 35.4 Å². The molecular weight excluding hydrogens is 338 g/mol. The normalized spacial score (nSPS) is 15.4. The Morgan fingerprint density at radius 3 is 2.68 bits per heavy atom. The van der Waals surface area contributed by atoms with Crippen LogP contribution >= 0.6 is 11.6 Å². The first kappa shape index (κ1) is 17.7. The van der Waals surface area contributed by atoms with E-state index >= 15 is 0 Å². The van der Waals surface area contributed by atoms with Crippen LogP contribution in [0.15, 0.2) is 35.1 Å². The van der Waals surface area contributed by atoms with E-state index in [4.69, 9.17) is 11.6 Å². The number of hydrogen-bond donors (Lipinski definition) is 0. The molecule has 0 N–H and O–H groups in total. The maximum absolute atomic E-state index is 12.7. The number of halogens is 1. The lowest BCUT2D eigenvalue weighted by Gasteiger charge is -2.30. The van der Waals surface area contributed by atoms with Crippen molar-refractivity contribution in [1.29, 1.82) is 0 Å². The monoisotopic (exact) mass is 359 g/mol. The minimum Gasteiger partial charge on any atom is -0.341 e. The fourth-order valence-electron chi connectivity index (χ4n) is 3.11. The molecule has 5 nitrogen and oxygen atoms in total. The molecule has 6 heteroatoms. The summed E-state index contributed by atoms with van der Waals surface area (Å²) in [6.07, 6.45) is 2.02. The summed E-state index contributed by atoms with van der Waals surface area (Å²) in [7, 11) is 0. The summed E-state index contributed by atoms with van der Waals surface area (Å²) in [4.78, 5) is 31.5. The number of amides is 1. The van der Waals surface area contributed by atoms with Crippen molar-refractivity contribution in [2.24, 2.45) is 5.92 Å². The van der Waals surface area contributed by atoms with Crippen LogP contribution in [-0.2, 0) is 11.3 Å². The van der Waals surface area contributed by atoms with Crippen LogP contribution in [0, 0.1) is 12.8 Å². The lowest BCUT2D eigenvalue weighted by atomic mass is 9.99. The number of carbonyl (C=O) groups excluding carboxylic acids is 1. The predicted octanol–water partition coefficient (Wildman–Crippen LogP) is 3.13. The number of carbonyl (C=O) groups is 1. The van der Waals surface area contributed by atoms with Crippen LogP contribution < -0.4 is 5.56 Å². The highest BCUT2D eigenvalue weighted by atomic mass is 35.5. The summed E-state index contributed by atoms with van der Waals surface area (Å²) in [5.41, 5.74) is 1.13. The van der Waals surface area contributed by atoms with Gasteiger partial charge in [-0.25, -0.2) is 4.98 Å². The highest BCUT2D eigenvalue weighted by Gasteiger charge is 2.22. The zero-order chi connectivity index (χ0) is 18.0. The Hall–Kier alpha value is -2.14. The van der Waals surface area contributed by atoms with E-state index in [1.54, 1.807) is 19.1 Å². The van der Waals surface area contributed by atoms with Gasteiger partial charge in [0.05, 0.1) is 0 Å². The molecule has 1 fully saturated rings. The second kappa shape index (κ2) is 7.40. The number of rotatable bonds is 3. The molecule has 1 aromatic heterocycles. The molecule has 1 aliphatic heterocycles. The topological polar surface area (TPSA) is 55.2 Å². The van der Waals surface area contributed by atoms with Gasteiger partial charge in [0.15, 0.2) is 0 Å². The Balaban J connectivity index is 1.93. The van der Waals surface area contributed by atoms with Crippen molar-refractivity contribution in [2.45, 2.75) is 33.2 Å². The maximum Gasteiger partial charge on any atom is 0.254 e. The molecule has 25 heavy (non-hydrogen) atoms. The first-order valence-electron chi connectivity index (χ1n) is 8.56. The van der Waals surface area contributed by atoms with Crippen LogP contribution in [-0.4, -0.2) is 33.4 Å². The van der Waals surface area contributed by atoms with Gasteiger partial charge in [-0.15, -0.1) is 0 Å². The number of benzene rings is 1.